The van der Waals surface area contributed by atoms with E-state index < -0.39 is 16.6 Å². The molecule has 4 nitrogen and oxygen atoms in total. The maximum absolute atomic E-state index is 6.40. The highest BCUT2D eigenvalue weighted by molar-refractivity contribution is 8.77. The van der Waals surface area contributed by atoms with Gasteiger partial charge in [0.1, 0.15) is 13.1 Å². The van der Waals surface area contributed by atoms with E-state index in [-0.39, 0.29) is 48.0 Å². The number of allylic oxidation sites excluding steroid dienone is 2. The molecule has 2 spiro atoms. The lowest BCUT2D eigenvalue weighted by Crippen LogP contribution is -3.00. The fourth-order valence-electron chi connectivity index (χ4n) is 20.7. The summed E-state index contributed by atoms with van der Waals surface area (Å²) in [6.45, 7) is 9.88. The summed E-state index contributed by atoms with van der Waals surface area (Å²) in [6, 6.07) is 0. The predicted molar refractivity (Wildman–Crippen MR) is 364 cm³/mol. The second-order valence-corrected chi connectivity index (χ2v) is 44.8. The molecule has 9 aliphatic heterocycles. The normalized spacial score (nSPS) is 29.1. The largest absolute Gasteiger partial charge is 1.00 e. The van der Waals surface area contributed by atoms with Gasteiger partial charge in [-0.2, -0.15) is 25.7 Å². The third kappa shape index (κ3) is 16.9. The SMILES string of the molecule is COCCC1=C(C)[N+]2=C3CCCCCCCCCCC4=[N+](CCCCCCCCCC2)C(C)=C(CCOC)S4256CCCCCCCCCCS13(CCCCCCCCCC2)(CCCCCCCCCC5)CCCCCCCCCC6.[I-].[I-]. The summed E-state index contributed by atoms with van der Waals surface area (Å²) < 4.78 is 19.3. The second-order valence-electron chi connectivity index (χ2n) is 29.7. The van der Waals surface area contributed by atoms with Gasteiger partial charge in [0.25, 0.3) is 0 Å². The van der Waals surface area contributed by atoms with Gasteiger partial charge in [0.15, 0.2) is 21.5 Å². The zero-order valence-electron chi connectivity index (χ0n) is 55.5. The van der Waals surface area contributed by atoms with E-state index in [2.05, 4.69) is 42.9 Å². The van der Waals surface area contributed by atoms with Crippen molar-refractivity contribution in [3.05, 3.63) is 21.2 Å². The first-order valence-corrected chi connectivity index (χ1v) is 43.2. The summed E-state index contributed by atoms with van der Waals surface area (Å²) in [4.78, 5) is 4.13. The molecule has 9 aliphatic rings. The monoisotopic (exact) mass is 1410 g/mol. The molecule has 8 heteroatoms. The van der Waals surface area contributed by atoms with Crippen LogP contribution in [0.1, 0.15) is 348 Å². The van der Waals surface area contributed by atoms with Gasteiger partial charge in [-0.15, -0.1) is 0 Å². The minimum absolute atomic E-state index is 0. The molecular weight excluding hydrogens is 1270 g/mol. The number of rotatable bonds is 6. The number of methoxy groups -OCH3 is 2. The first-order valence-electron chi connectivity index (χ1n) is 37.0. The van der Waals surface area contributed by atoms with E-state index in [1.807, 2.05) is 14.2 Å². The Hall–Kier alpha value is 0.900. The lowest BCUT2D eigenvalue weighted by atomic mass is 10.1. The molecule has 484 valence electrons. The molecule has 0 aliphatic carbocycles. The first-order chi connectivity index (χ1) is 39.3. The Bertz CT molecular complexity index is 1730. The van der Waals surface area contributed by atoms with E-state index in [0.717, 1.165) is 13.2 Å². The van der Waals surface area contributed by atoms with Gasteiger partial charge in [-0.3, -0.25) is 0 Å². The average Bonchev–Trinajstić information content (AvgIpc) is 1.65. The molecule has 0 radical (unpaired) electrons. The van der Waals surface area contributed by atoms with Crippen LogP contribution in [0.4, 0.5) is 0 Å². The maximum Gasteiger partial charge on any atom is 0.189 e. The van der Waals surface area contributed by atoms with Crippen molar-refractivity contribution in [2.75, 3.05) is 86.5 Å². The highest BCUT2D eigenvalue weighted by atomic mass is 127. The number of nitrogens with zero attached hydrogens (tertiary/aromatic N) is 2. The summed E-state index contributed by atoms with van der Waals surface area (Å²) in [5.74, 6) is 12.4. The molecule has 2 bridgehead atoms. The molecule has 0 aromatic heterocycles. The van der Waals surface area contributed by atoms with Gasteiger partial charge in [-0.25, -0.2) is 0 Å². The molecule has 0 atom stereocenters. The maximum atomic E-state index is 6.40. The van der Waals surface area contributed by atoms with E-state index in [4.69, 9.17) is 9.47 Å². The topological polar surface area (TPSA) is 24.5 Å². The van der Waals surface area contributed by atoms with Crippen LogP contribution in [0, 0.1) is 0 Å². The summed E-state index contributed by atoms with van der Waals surface area (Å²) in [5, 5.41) is 4.28. The Balaban J connectivity index is 0.00000616. The van der Waals surface area contributed by atoms with Crippen molar-refractivity contribution in [2.24, 2.45) is 0 Å². The number of halogens is 2. The highest BCUT2D eigenvalue weighted by Gasteiger charge is 2.73. The fourth-order valence-corrected chi connectivity index (χ4v) is 43.7. The van der Waals surface area contributed by atoms with Crippen LogP contribution in [-0.4, -0.2) is 106 Å². The zero-order chi connectivity index (χ0) is 56.1. The summed E-state index contributed by atoms with van der Waals surface area (Å²) in [6.07, 6.45) is 74.8. The van der Waals surface area contributed by atoms with E-state index in [0.29, 0.717) is 0 Å². The van der Waals surface area contributed by atoms with Crippen molar-refractivity contribution in [1.82, 2.24) is 0 Å². The van der Waals surface area contributed by atoms with E-state index >= 15 is 0 Å². The molecule has 0 N–H and O–H groups in total. The summed E-state index contributed by atoms with van der Waals surface area (Å²) in [5.41, 5.74) is 3.58. The van der Waals surface area contributed by atoms with Gasteiger partial charge >= 0.3 is 0 Å². The van der Waals surface area contributed by atoms with Crippen LogP contribution in [0.25, 0.3) is 0 Å². The van der Waals surface area contributed by atoms with E-state index in [9.17, 15) is 0 Å². The minimum atomic E-state index is -3.09. The van der Waals surface area contributed by atoms with Gasteiger partial charge in [0.2, 0.25) is 0 Å². The van der Waals surface area contributed by atoms with Crippen LogP contribution in [-0.2, 0) is 9.47 Å². The van der Waals surface area contributed by atoms with Crippen LogP contribution in [0.3, 0.4) is 0 Å². The van der Waals surface area contributed by atoms with E-state index in [1.165, 1.54) is 347 Å². The fraction of sp³-hybridized carbons (Fsp3) is 0.919. The van der Waals surface area contributed by atoms with Gasteiger partial charge in [-0.1, -0.05) is 218 Å². The molecule has 6 fully saturated rings. The van der Waals surface area contributed by atoms with Crippen LogP contribution >= 0.6 is 16.6 Å². The molecular formula is C74H140I2N2O2S2. The third-order valence-corrected chi connectivity index (χ3v) is 45.6. The van der Waals surface area contributed by atoms with Gasteiger partial charge in [-0.05, 0) is 123 Å². The van der Waals surface area contributed by atoms with Crippen LogP contribution in [0.5, 0.6) is 0 Å². The quantitative estimate of drug-likeness (QED) is 0.196. The van der Waals surface area contributed by atoms with Crippen molar-refractivity contribution in [3.8, 4) is 0 Å². The average molecular weight is 1410 g/mol. The van der Waals surface area contributed by atoms with Crippen LogP contribution in [0.15, 0.2) is 21.2 Å². The number of ether oxygens (including phenoxy) is 2. The molecule has 0 saturated carbocycles. The number of hydrogen-bond acceptors (Lipinski definition) is 2. The third-order valence-electron chi connectivity index (χ3n) is 24.8. The predicted octanol–water partition coefficient (Wildman–Crippen LogP) is 16.7. The minimum Gasteiger partial charge on any atom is -1.00 e. The number of hydrogen-bond donors (Lipinski definition) is 0. The van der Waals surface area contributed by atoms with Crippen molar-refractivity contribution < 1.29 is 66.6 Å². The van der Waals surface area contributed by atoms with Crippen LogP contribution in [0.2, 0.25) is 0 Å². The molecule has 0 unspecified atom stereocenters. The smallest absolute Gasteiger partial charge is 0.189 e. The Morgan fingerprint density at radius 3 is 0.659 bits per heavy atom. The Morgan fingerprint density at radius 2 is 0.451 bits per heavy atom. The molecule has 0 aromatic rings. The highest BCUT2D eigenvalue weighted by Crippen LogP contribution is 2.99. The van der Waals surface area contributed by atoms with Crippen molar-refractivity contribution >= 4 is 26.7 Å². The molecule has 6 saturated heterocycles. The summed E-state index contributed by atoms with van der Waals surface area (Å²) >= 11 is 0. The zero-order valence-corrected chi connectivity index (χ0v) is 61.5. The molecule has 0 amide bonds. The van der Waals surface area contributed by atoms with Crippen LogP contribution < -0.4 is 48.0 Å². The van der Waals surface area contributed by atoms with E-state index in [1.54, 1.807) is 57.4 Å². The molecule has 82 heavy (non-hydrogen) atoms. The second kappa shape index (κ2) is 36.7. The summed E-state index contributed by atoms with van der Waals surface area (Å²) in [7, 11) is -2.08. The Labute approximate surface area is 544 Å². The standard InChI is InChI=1S/C74H140N2O2S2.2HI/c1-69-71(55-59-77-3)79-61-45-33-21-9-13-25-37-49-65-80(66-50-38-26-14-10-22-34-46-62-79,67-51-39-27-15-11-23-35-47-63-79,68-52-40-28-16-12-24-36-48-64-79)72(56-60-78-4)70(2)76-58-44-32-20-8-7-19-31-43-57-75(69)73(79)53-41-29-17-5-6-18-30-42-54-74(76)80;;/h5-68H2,1-4H3;2*1H/q+2;;/p-2. The van der Waals surface area contributed by atoms with Crippen molar-refractivity contribution in [2.45, 2.75) is 348 Å². The lowest BCUT2D eigenvalue weighted by Gasteiger charge is -2.77. The van der Waals surface area contributed by atoms with Crippen molar-refractivity contribution in [1.29, 1.82) is 0 Å². The first kappa shape index (κ1) is 73.6. The molecule has 0 aromatic carbocycles. The van der Waals surface area contributed by atoms with Gasteiger partial charge in [0.05, 0.1) is 13.2 Å². The Morgan fingerprint density at radius 1 is 0.268 bits per heavy atom. The lowest BCUT2D eigenvalue weighted by molar-refractivity contribution is -0.475. The Kier molecular flexibility index (Phi) is 32.9. The van der Waals surface area contributed by atoms with Gasteiger partial charge < -0.3 is 57.4 Å². The van der Waals surface area contributed by atoms with Crippen molar-refractivity contribution in [3.63, 3.8) is 0 Å². The van der Waals surface area contributed by atoms with Gasteiger partial charge in [0, 0.05) is 76.4 Å². The molecule has 9 rings (SSSR count). The molecule has 9 heterocycles.